The number of carbonyl (C=O) groups excluding carboxylic acids is 1. The van der Waals surface area contributed by atoms with E-state index in [1.165, 1.54) is 16.7 Å². The fourth-order valence-corrected chi connectivity index (χ4v) is 4.75. The van der Waals surface area contributed by atoms with Crippen molar-refractivity contribution < 1.29 is 9.53 Å². The normalized spacial score (nSPS) is 20.8. The molecule has 1 amide bonds. The molecule has 1 unspecified atom stereocenters. The highest BCUT2D eigenvalue weighted by molar-refractivity contribution is 5.81. The molecule has 32 heavy (non-hydrogen) atoms. The number of rotatable bonds is 8. The van der Waals surface area contributed by atoms with Gasteiger partial charge in [-0.3, -0.25) is 9.59 Å². The van der Waals surface area contributed by atoms with Crippen molar-refractivity contribution in [1.29, 1.82) is 0 Å². The van der Waals surface area contributed by atoms with Gasteiger partial charge in [0, 0.05) is 45.6 Å². The van der Waals surface area contributed by atoms with E-state index in [9.17, 15) is 9.59 Å². The van der Waals surface area contributed by atoms with Gasteiger partial charge in [0.25, 0.3) is 5.56 Å². The summed E-state index contributed by atoms with van der Waals surface area (Å²) >= 11 is 0. The van der Waals surface area contributed by atoms with Gasteiger partial charge in [-0.25, -0.2) is 0 Å². The van der Waals surface area contributed by atoms with Crippen LogP contribution in [-0.2, 0) is 29.5 Å². The number of methoxy groups -OCH3 is 1. The van der Waals surface area contributed by atoms with E-state index >= 15 is 0 Å². The van der Waals surface area contributed by atoms with Crippen molar-refractivity contribution in [1.82, 2.24) is 14.8 Å². The molecule has 4 rings (SSSR count). The predicted octanol–water partition coefficient (Wildman–Crippen LogP) is 2.77. The molecule has 2 aromatic rings. The Morgan fingerprint density at radius 3 is 2.75 bits per heavy atom. The summed E-state index contributed by atoms with van der Waals surface area (Å²) in [4.78, 5) is 28.2. The van der Waals surface area contributed by atoms with Gasteiger partial charge >= 0.3 is 0 Å². The van der Waals surface area contributed by atoms with Crippen LogP contribution in [0.4, 0.5) is 0 Å². The lowest BCUT2D eigenvalue weighted by Crippen LogP contribution is -2.47. The van der Waals surface area contributed by atoms with E-state index in [1.54, 1.807) is 24.8 Å². The molecule has 172 valence electrons. The average Bonchev–Trinajstić information content (AvgIpc) is 3.64. The number of nitrogens with one attached hydrogen (secondary N) is 1. The molecule has 6 nitrogen and oxygen atoms in total. The van der Waals surface area contributed by atoms with E-state index in [0.717, 1.165) is 37.8 Å². The topological polar surface area (TPSA) is 63.6 Å². The largest absolute Gasteiger partial charge is 0.384 e. The van der Waals surface area contributed by atoms with Gasteiger partial charge in [-0.05, 0) is 73.4 Å². The van der Waals surface area contributed by atoms with Crippen LogP contribution in [-0.4, -0.2) is 48.2 Å². The first-order valence-electron chi connectivity index (χ1n) is 11.7. The molecular weight excluding hydrogens is 402 g/mol. The Kier molecular flexibility index (Phi) is 7.11. The minimum Gasteiger partial charge on any atom is -0.384 e. The van der Waals surface area contributed by atoms with Crippen molar-refractivity contribution in [2.45, 2.75) is 51.1 Å². The van der Waals surface area contributed by atoms with Gasteiger partial charge in [0.05, 0.1) is 12.5 Å². The van der Waals surface area contributed by atoms with E-state index in [2.05, 4.69) is 35.3 Å². The highest BCUT2D eigenvalue weighted by atomic mass is 16.5. The first-order chi connectivity index (χ1) is 15.5. The highest BCUT2D eigenvalue weighted by Gasteiger charge is 2.40. The second-order valence-corrected chi connectivity index (χ2v) is 9.32. The fourth-order valence-electron chi connectivity index (χ4n) is 4.75. The van der Waals surface area contributed by atoms with E-state index in [0.29, 0.717) is 25.7 Å². The van der Waals surface area contributed by atoms with Crippen LogP contribution >= 0.6 is 0 Å². The predicted molar refractivity (Wildman–Crippen MR) is 126 cm³/mol. The highest BCUT2D eigenvalue weighted by Crippen LogP contribution is 2.36. The maximum Gasteiger partial charge on any atom is 0.250 e. The Bertz CT molecular complexity index is 1010. The lowest BCUT2D eigenvalue weighted by molar-refractivity contribution is -0.138. The Morgan fingerprint density at radius 2 is 2.03 bits per heavy atom. The Balaban J connectivity index is 1.57. The van der Waals surface area contributed by atoms with E-state index in [4.69, 9.17) is 4.74 Å². The molecule has 1 aromatic carbocycles. The number of nitrogens with zero attached hydrogens (tertiary/aromatic N) is 2. The number of hydrogen-bond acceptors (Lipinski definition) is 4. The number of benzene rings is 1. The molecule has 2 fully saturated rings. The average molecular weight is 438 g/mol. The van der Waals surface area contributed by atoms with Crippen LogP contribution in [0, 0.1) is 12.8 Å². The number of piperidine rings is 1. The Labute approximate surface area is 190 Å². The van der Waals surface area contributed by atoms with Crippen LogP contribution in [0.5, 0.6) is 0 Å². The number of ether oxygens (including phenoxy) is 1. The number of hydrogen-bond donors (Lipinski definition) is 1. The first kappa shape index (κ1) is 22.7. The standard InChI is InChI=1S/C26H35N3O3/c1-18-4-5-19(10-13-32-3)14-21(18)17-29(22-6-7-22)26(31)24-16-27-11-8-23(24)20-9-12-28(2)25(30)15-20/h4-5,9,12,14-15,22-24,27H,6-8,10-11,13,16-17H2,1-3H3/t23-,24?/m1/s1. The molecule has 1 saturated carbocycles. The molecule has 1 aromatic heterocycles. The van der Waals surface area contributed by atoms with Crippen molar-refractivity contribution in [3.05, 3.63) is 69.1 Å². The lowest BCUT2D eigenvalue weighted by atomic mass is 9.80. The minimum atomic E-state index is -0.145. The molecule has 2 heterocycles. The second-order valence-electron chi connectivity index (χ2n) is 9.32. The zero-order chi connectivity index (χ0) is 22.7. The lowest BCUT2D eigenvalue weighted by Gasteiger charge is -2.36. The summed E-state index contributed by atoms with van der Waals surface area (Å²) in [5.74, 6) is 0.147. The molecule has 0 spiro atoms. The summed E-state index contributed by atoms with van der Waals surface area (Å²) < 4.78 is 6.82. The molecular formula is C26H35N3O3. The molecule has 1 aliphatic heterocycles. The summed E-state index contributed by atoms with van der Waals surface area (Å²) in [6.07, 6.45) is 5.71. The molecule has 1 N–H and O–H groups in total. The van der Waals surface area contributed by atoms with Crippen molar-refractivity contribution in [3.8, 4) is 0 Å². The number of aryl methyl sites for hydroxylation is 2. The Morgan fingerprint density at radius 1 is 1.22 bits per heavy atom. The van der Waals surface area contributed by atoms with Gasteiger partial charge in [-0.2, -0.15) is 0 Å². The zero-order valence-electron chi connectivity index (χ0n) is 19.5. The first-order valence-corrected chi connectivity index (χ1v) is 11.7. The van der Waals surface area contributed by atoms with Gasteiger partial charge < -0.3 is 19.5 Å². The quantitative estimate of drug-likeness (QED) is 0.690. The van der Waals surface area contributed by atoms with E-state index < -0.39 is 0 Å². The van der Waals surface area contributed by atoms with Gasteiger partial charge in [0.2, 0.25) is 5.91 Å². The van der Waals surface area contributed by atoms with Crippen LogP contribution in [0.1, 0.15) is 47.4 Å². The third-order valence-electron chi connectivity index (χ3n) is 6.98. The molecule has 0 bridgehead atoms. The summed E-state index contributed by atoms with van der Waals surface area (Å²) in [5.41, 5.74) is 4.64. The molecule has 6 heteroatoms. The third-order valence-corrected chi connectivity index (χ3v) is 6.98. The van der Waals surface area contributed by atoms with Crippen molar-refractivity contribution in [2.24, 2.45) is 13.0 Å². The zero-order valence-corrected chi connectivity index (χ0v) is 19.5. The second kappa shape index (κ2) is 10.0. The van der Waals surface area contributed by atoms with E-state index in [1.807, 2.05) is 12.3 Å². The van der Waals surface area contributed by atoms with Crippen LogP contribution in [0.3, 0.4) is 0 Å². The monoisotopic (exact) mass is 437 g/mol. The van der Waals surface area contributed by atoms with Crippen molar-refractivity contribution >= 4 is 5.91 Å². The molecule has 1 saturated heterocycles. The summed E-state index contributed by atoms with van der Waals surface area (Å²) in [5, 5.41) is 3.42. The fraction of sp³-hybridized carbons (Fsp3) is 0.538. The Hall–Kier alpha value is -2.44. The molecule has 2 aliphatic rings. The van der Waals surface area contributed by atoms with Crippen molar-refractivity contribution in [3.63, 3.8) is 0 Å². The number of carbonyl (C=O) groups is 1. The van der Waals surface area contributed by atoms with Gasteiger partial charge in [-0.15, -0.1) is 0 Å². The van der Waals surface area contributed by atoms with Crippen LogP contribution in [0.15, 0.2) is 41.3 Å². The molecule has 0 radical (unpaired) electrons. The van der Waals surface area contributed by atoms with E-state index in [-0.39, 0.29) is 23.3 Å². The molecule has 2 atom stereocenters. The maximum absolute atomic E-state index is 13.9. The SMILES string of the molecule is COCCc1ccc(C)c(CN(C(=O)C2CNCC[C@@H]2c2ccn(C)c(=O)c2)C2CC2)c1. The van der Waals surface area contributed by atoms with Crippen LogP contribution in [0.2, 0.25) is 0 Å². The summed E-state index contributed by atoms with van der Waals surface area (Å²) in [7, 11) is 3.48. The smallest absolute Gasteiger partial charge is 0.250 e. The number of pyridine rings is 1. The van der Waals surface area contributed by atoms with Crippen LogP contribution < -0.4 is 10.9 Å². The van der Waals surface area contributed by atoms with Crippen LogP contribution in [0.25, 0.3) is 0 Å². The minimum absolute atomic E-state index is 0.0187. The van der Waals surface area contributed by atoms with Gasteiger partial charge in [-0.1, -0.05) is 18.2 Å². The third kappa shape index (κ3) is 5.13. The molecule has 1 aliphatic carbocycles. The summed E-state index contributed by atoms with van der Waals surface area (Å²) in [6, 6.07) is 10.6. The van der Waals surface area contributed by atoms with Gasteiger partial charge in [0.1, 0.15) is 0 Å². The maximum atomic E-state index is 13.9. The number of aromatic nitrogens is 1. The van der Waals surface area contributed by atoms with Gasteiger partial charge in [0.15, 0.2) is 0 Å². The summed E-state index contributed by atoms with van der Waals surface area (Å²) in [6.45, 7) is 4.99. The van der Waals surface area contributed by atoms with Crippen molar-refractivity contribution in [2.75, 3.05) is 26.8 Å². The number of amides is 1.